The van der Waals surface area contributed by atoms with Gasteiger partial charge in [0.25, 0.3) is 0 Å². The lowest BCUT2D eigenvalue weighted by Gasteiger charge is -2.03. The molecule has 20 heavy (non-hydrogen) atoms. The van der Waals surface area contributed by atoms with Crippen molar-refractivity contribution in [1.82, 2.24) is 10.3 Å². The Hall–Kier alpha value is -1.35. The van der Waals surface area contributed by atoms with Crippen LogP contribution < -0.4 is 11.1 Å². The molecule has 0 aromatic carbocycles. The zero-order chi connectivity index (χ0) is 13.7. The lowest BCUT2D eigenvalue weighted by molar-refractivity contribution is 0.574. The van der Waals surface area contributed by atoms with Gasteiger partial charge in [0.1, 0.15) is 12.0 Å². The van der Waals surface area contributed by atoms with E-state index in [9.17, 15) is 0 Å². The number of rotatable bonds is 5. The second kappa shape index (κ2) is 8.05. The zero-order valence-electron chi connectivity index (χ0n) is 11.1. The Bertz CT molecular complexity index is 577. The number of oxazole rings is 1. The molecule has 0 amide bonds. The first-order valence-corrected chi connectivity index (χ1v) is 6.69. The third-order valence-corrected chi connectivity index (χ3v) is 3.12. The summed E-state index contributed by atoms with van der Waals surface area (Å²) in [6.45, 7) is 6.71. The Morgan fingerprint density at radius 1 is 1.60 bits per heavy atom. The third kappa shape index (κ3) is 4.97. The SMILES string of the molecule is C=C(C)CNC(N)=NCc1coc(-c2cccs2)n1.I. The van der Waals surface area contributed by atoms with Crippen LogP contribution in [0.25, 0.3) is 10.8 Å². The topological polar surface area (TPSA) is 76.4 Å². The van der Waals surface area contributed by atoms with Crippen LogP contribution in [0.3, 0.4) is 0 Å². The molecule has 2 heterocycles. The molecule has 0 atom stereocenters. The standard InChI is InChI=1S/C13H16N4OS.HI/c1-9(2)6-15-13(14)16-7-10-8-18-12(17-10)11-4-3-5-19-11;/h3-5,8H,1,6-7H2,2H3,(H3,14,15,16);1H. The Morgan fingerprint density at radius 2 is 2.40 bits per heavy atom. The van der Waals surface area contributed by atoms with Gasteiger partial charge < -0.3 is 15.5 Å². The molecule has 0 saturated heterocycles. The van der Waals surface area contributed by atoms with E-state index in [0.717, 1.165) is 16.1 Å². The van der Waals surface area contributed by atoms with Gasteiger partial charge in [0.2, 0.25) is 5.89 Å². The van der Waals surface area contributed by atoms with E-state index in [2.05, 4.69) is 21.9 Å². The van der Waals surface area contributed by atoms with Crippen molar-refractivity contribution in [3.8, 4) is 10.8 Å². The van der Waals surface area contributed by atoms with E-state index in [1.165, 1.54) is 0 Å². The first-order valence-electron chi connectivity index (χ1n) is 5.81. The van der Waals surface area contributed by atoms with E-state index in [4.69, 9.17) is 10.2 Å². The molecule has 2 aromatic heterocycles. The van der Waals surface area contributed by atoms with Gasteiger partial charge in [-0.1, -0.05) is 18.2 Å². The van der Waals surface area contributed by atoms with Gasteiger partial charge in [-0.05, 0) is 18.4 Å². The predicted octanol–water partition coefficient (Wildman–Crippen LogP) is 3.00. The van der Waals surface area contributed by atoms with Crippen LogP contribution in [0.5, 0.6) is 0 Å². The second-order valence-corrected chi connectivity index (χ2v) is 5.08. The number of hydrogen-bond acceptors (Lipinski definition) is 4. The molecule has 0 aliphatic heterocycles. The van der Waals surface area contributed by atoms with Crippen molar-refractivity contribution in [1.29, 1.82) is 0 Å². The molecule has 0 spiro atoms. The molecule has 0 unspecified atom stereocenters. The maximum Gasteiger partial charge on any atom is 0.236 e. The van der Waals surface area contributed by atoms with Crippen molar-refractivity contribution in [2.24, 2.45) is 10.7 Å². The average Bonchev–Trinajstić information content (AvgIpc) is 3.03. The van der Waals surface area contributed by atoms with E-state index in [1.54, 1.807) is 17.6 Å². The highest BCUT2D eigenvalue weighted by molar-refractivity contribution is 14.0. The van der Waals surface area contributed by atoms with Crippen molar-refractivity contribution in [3.05, 3.63) is 41.6 Å². The summed E-state index contributed by atoms with van der Waals surface area (Å²) in [5, 5.41) is 4.94. The molecule has 0 aliphatic carbocycles. The Labute approximate surface area is 139 Å². The molecule has 0 bridgehead atoms. The molecule has 2 aromatic rings. The Balaban J connectivity index is 0.00000200. The Morgan fingerprint density at radius 3 is 3.05 bits per heavy atom. The fourth-order valence-corrected chi connectivity index (χ4v) is 2.01. The number of aliphatic imine (C=N–C) groups is 1. The van der Waals surface area contributed by atoms with E-state index in [1.807, 2.05) is 24.4 Å². The minimum atomic E-state index is 0. The van der Waals surface area contributed by atoms with Crippen LogP contribution in [-0.4, -0.2) is 17.5 Å². The highest BCUT2D eigenvalue weighted by Gasteiger charge is 2.06. The van der Waals surface area contributed by atoms with Crippen LogP contribution >= 0.6 is 35.3 Å². The van der Waals surface area contributed by atoms with Crippen molar-refractivity contribution >= 4 is 41.3 Å². The number of nitrogens with two attached hydrogens (primary N) is 1. The summed E-state index contributed by atoms with van der Waals surface area (Å²) in [5.41, 5.74) is 7.47. The molecule has 0 aliphatic rings. The minimum absolute atomic E-state index is 0. The first-order chi connectivity index (χ1) is 9.15. The average molecular weight is 404 g/mol. The van der Waals surface area contributed by atoms with Gasteiger partial charge in [0.05, 0.1) is 11.4 Å². The maximum absolute atomic E-state index is 5.71. The first kappa shape index (κ1) is 16.7. The number of halogens is 1. The second-order valence-electron chi connectivity index (χ2n) is 4.13. The van der Waals surface area contributed by atoms with Gasteiger partial charge in [0, 0.05) is 6.54 Å². The summed E-state index contributed by atoms with van der Waals surface area (Å²) < 4.78 is 5.39. The van der Waals surface area contributed by atoms with Crippen LogP contribution in [0.1, 0.15) is 12.6 Å². The fraction of sp³-hybridized carbons (Fsp3) is 0.231. The lowest BCUT2D eigenvalue weighted by atomic mass is 10.3. The molecule has 0 saturated carbocycles. The largest absolute Gasteiger partial charge is 0.443 e. The minimum Gasteiger partial charge on any atom is -0.443 e. The van der Waals surface area contributed by atoms with Crippen molar-refractivity contribution in [3.63, 3.8) is 0 Å². The third-order valence-electron chi connectivity index (χ3n) is 2.27. The van der Waals surface area contributed by atoms with E-state index in [0.29, 0.717) is 24.9 Å². The molecule has 0 fully saturated rings. The summed E-state index contributed by atoms with van der Waals surface area (Å²) in [5.74, 6) is 0.998. The molecular weight excluding hydrogens is 387 g/mol. The monoisotopic (exact) mass is 404 g/mol. The van der Waals surface area contributed by atoms with Crippen molar-refractivity contribution < 1.29 is 4.42 Å². The highest BCUT2D eigenvalue weighted by atomic mass is 127. The van der Waals surface area contributed by atoms with Crippen LogP contribution in [0.4, 0.5) is 0 Å². The van der Waals surface area contributed by atoms with Crippen LogP contribution in [0.2, 0.25) is 0 Å². The molecular formula is C13H17IN4OS. The molecule has 7 heteroatoms. The van der Waals surface area contributed by atoms with Crippen molar-refractivity contribution in [2.45, 2.75) is 13.5 Å². The molecule has 5 nitrogen and oxygen atoms in total. The predicted molar refractivity (Wildman–Crippen MR) is 93.4 cm³/mol. The summed E-state index contributed by atoms with van der Waals surface area (Å²) in [6, 6.07) is 3.92. The summed E-state index contributed by atoms with van der Waals surface area (Å²) >= 11 is 1.59. The van der Waals surface area contributed by atoms with Gasteiger partial charge in [-0.25, -0.2) is 9.98 Å². The van der Waals surface area contributed by atoms with Crippen LogP contribution in [-0.2, 0) is 6.54 Å². The van der Waals surface area contributed by atoms with Gasteiger partial charge in [-0.15, -0.1) is 35.3 Å². The number of guanidine groups is 1. The number of aromatic nitrogens is 1. The fourth-order valence-electron chi connectivity index (χ4n) is 1.36. The summed E-state index contributed by atoms with van der Waals surface area (Å²) in [4.78, 5) is 9.54. The van der Waals surface area contributed by atoms with Gasteiger partial charge >= 0.3 is 0 Å². The lowest BCUT2D eigenvalue weighted by Crippen LogP contribution is -2.32. The zero-order valence-corrected chi connectivity index (χ0v) is 14.3. The molecule has 2 rings (SSSR count). The van der Waals surface area contributed by atoms with Crippen LogP contribution in [0, 0.1) is 0 Å². The van der Waals surface area contributed by atoms with E-state index < -0.39 is 0 Å². The summed E-state index contributed by atoms with van der Waals surface area (Å²) in [7, 11) is 0. The van der Waals surface area contributed by atoms with Crippen LogP contribution in [0.15, 0.2) is 45.3 Å². The van der Waals surface area contributed by atoms with Gasteiger partial charge in [0.15, 0.2) is 5.96 Å². The normalized spacial score (nSPS) is 10.9. The van der Waals surface area contributed by atoms with E-state index >= 15 is 0 Å². The Kier molecular flexibility index (Phi) is 6.73. The quantitative estimate of drug-likeness (QED) is 0.348. The number of hydrogen-bond donors (Lipinski definition) is 2. The number of nitrogens with one attached hydrogen (secondary N) is 1. The van der Waals surface area contributed by atoms with E-state index in [-0.39, 0.29) is 24.0 Å². The molecule has 0 radical (unpaired) electrons. The number of nitrogens with zero attached hydrogens (tertiary/aromatic N) is 2. The smallest absolute Gasteiger partial charge is 0.236 e. The number of thiophene rings is 1. The summed E-state index contributed by atoms with van der Waals surface area (Å²) in [6.07, 6.45) is 1.60. The maximum atomic E-state index is 5.71. The van der Waals surface area contributed by atoms with Gasteiger partial charge in [-0.3, -0.25) is 0 Å². The molecule has 3 N–H and O–H groups in total. The van der Waals surface area contributed by atoms with Gasteiger partial charge in [-0.2, -0.15) is 0 Å². The molecule has 108 valence electrons. The van der Waals surface area contributed by atoms with Crippen molar-refractivity contribution in [2.75, 3.05) is 6.54 Å². The highest BCUT2D eigenvalue weighted by Crippen LogP contribution is 2.23.